The van der Waals surface area contributed by atoms with E-state index in [0.29, 0.717) is 0 Å². The van der Waals surface area contributed by atoms with Gasteiger partial charge in [0, 0.05) is 49.3 Å². The molecule has 11 aromatic carbocycles. The second-order valence-electron chi connectivity index (χ2n) is 17.6. The fourth-order valence-corrected chi connectivity index (χ4v) is 10.9. The normalized spacial score (nSPS) is 11.8. The maximum absolute atomic E-state index is 5.51. The predicted octanol–water partition coefficient (Wildman–Crippen LogP) is 16.8. The van der Waals surface area contributed by atoms with E-state index in [1.807, 2.05) is 12.1 Å². The molecule has 0 fully saturated rings. The lowest BCUT2D eigenvalue weighted by atomic mass is 9.94. The van der Waals surface area contributed by atoms with Crippen LogP contribution in [-0.4, -0.2) is 19.1 Å². The summed E-state index contributed by atoms with van der Waals surface area (Å²) in [4.78, 5) is 10.9. The molecule has 14 rings (SSSR count). The van der Waals surface area contributed by atoms with Gasteiger partial charge < -0.3 is 9.13 Å². The lowest BCUT2D eigenvalue weighted by Gasteiger charge is -2.17. The van der Waals surface area contributed by atoms with Gasteiger partial charge in [-0.05, 0) is 81.4 Å². The minimum atomic E-state index is 0.859. The van der Waals surface area contributed by atoms with Crippen LogP contribution in [0.1, 0.15) is 0 Å². The van der Waals surface area contributed by atoms with Gasteiger partial charge in [0.05, 0.1) is 50.2 Å². The lowest BCUT2D eigenvalue weighted by molar-refractivity contribution is 1.17. The van der Waals surface area contributed by atoms with E-state index in [-0.39, 0.29) is 0 Å². The van der Waals surface area contributed by atoms with Crippen molar-refractivity contribution in [2.45, 2.75) is 0 Å². The average molecular weight is 865 g/mol. The number of aromatic nitrogens is 4. The Morgan fingerprint density at radius 2 is 0.838 bits per heavy atom. The number of para-hydroxylation sites is 3. The van der Waals surface area contributed by atoms with Crippen LogP contribution in [-0.2, 0) is 0 Å². The monoisotopic (exact) mass is 864 g/mol. The number of nitrogens with zero attached hydrogens (tertiary/aromatic N) is 4. The average Bonchev–Trinajstić information content (AvgIpc) is 3.91. The standard InChI is InChI=1S/C64H40N4/c1-5-20-41(21-6-1)52-39-60-61(50-32-16-14-29-46(50)52)54-38-53-49-31-17-18-35-56(49)68(58(53)40-59(54)67(60)44-26-11-4-12-27-44)57-37-36-47(45-28-13-15-30-48(45)57)51-33-19-34-55-64(51)66-63(43-24-9-3-10-25-43)62(65-55)42-22-7-2-8-23-42/h1-40H. The molecule has 0 unspecified atom stereocenters. The van der Waals surface area contributed by atoms with Crippen molar-refractivity contribution in [1.29, 1.82) is 0 Å². The van der Waals surface area contributed by atoms with E-state index < -0.39 is 0 Å². The zero-order valence-corrected chi connectivity index (χ0v) is 36.9. The molecular weight excluding hydrogens is 825 g/mol. The number of benzene rings is 11. The Morgan fingerprint density at radius 1 is 0.279 bits per heavy atom. The minimum absolute atomic E-state index is 0.859. The molecule has 0 aliphatic carbocycles. The van der Waals surface area contributed by atoms with Crippen molar-refractivity contribution < 1.29 is 0 Å². The Kier molecular flexibility index (Phi) is 8.55. The first-order valence-electron chi connectivity index (χ1n) is 23.2. The summed E-state index contributed by atoms with van der Waals surface area (Å²) >= 11 is 0. The van der Waals surface area contributed by atoms with Crippen LogP contribution in [0.25, 0.3) is 132 Å². The summed E-state index contributed by atoms with van der Waals surface area (Å²) in [6.45, 7) is 0. The van der Waals surface area contributed by atoms with E-state index in [9.17, 15) is 0 Å². The van der Waals surface area contributed by atoms with E-state index in [1.165, 1.54) is 49.0 Å². The number of hydrogen-bond acceptors (Lipinski definition) is 2. The molecule has 0 bridgehead atoms. The molecule has 3 heterocycles. The fourth-order valence-electron chi connectivity index (χ4n) is 10.9. The first-order chi connectivity index (χ1) is 33.8. The quantitative estimate of drug-likeness (QED) is 0.167. The summed E-state index contributed by atoms with van der Waals surface area (Å²) in [7, 11) is 0. The molecule has 4 heteroatoms. The van der Waals surface area contributed by atoms with E-state index in [4.69, 9.17) is 9.97 Å². The van der Waals surface area contributed by atoms with Crippen molar-refractivity contribution in [3.63, 3.8) is 0 Å². The first kappa shape index (κ1) is 38.2. The van der Waals surface area contributed by atoms with E-state index in [1.54, 1.807) is 0 Å². The van der Waals surface area contributed by atoms with Gasteiger partial charge in [0.15, 0.2) is 0 Å². The second-order valence-corrected chi connectivity index (χ2v) is 17.6. The van der Waals surface area contributed by atoms with E-state index in [0.717, 1.165) is 83.4 Å². The Balaban J connectivity index is 1.04. The molecule has 0 amide bonds. The fraction of sp³-hybridized carbons (Fsp3) is 0. The van der Waals surface area contributed by atoms with Gasteiger partial charge in [-0.1, -0.05) is 194 Å². The van der Waals surface area contributed by atoms with Crippen molar-refractivity contribution in [2.75, 3.05) is 0 Å². The van der Waals surface area contributed by atoms with Gasteiger partial charge in [-0.3, -0.25) is 0 Å². The van der Waals surface area contributed by atoms with Crippen LogP contribution >= 0.6 is 0 Å². The molecule has 0 aliphatic heterocycles. The Morgan fingerprint density at radius 3 is 1.54 bits per heavy atom. The maximum atomic E-state index is 5.51. The molecule has 0 N–H and O–H groups in total. The highest BCUT2D eigenvalue weighted by Gasteiger charge is 2.23. The molecule has 3 aromatic heterocycles. The zero-order chi connectivity index (χ0) is 44.7. The maximum Gasteiger partial charge on any atom is 0.0973 e. The molecule has 0 atom stereocenters. The van der Waals surface area contributed by atoms with Crippen LogP contribution in [0.2, 0.25) is 0 Å². The highest BCUT2D eigenvalue weighted by atomic mass is 15.0. The van der Waals surface area contributed by atoms with Gasteiger partial charge in [0.2, 0.25) is 0 Å². The summed E-state index contributed by atoms with van der Waals surface area (Å²) in [6.07, 6.45) is 0. The van der Waals surface area contributed by atoms with Gasteiger partial charge >= 0.3 is 0 Å². The third-order valence-electron chi connectivity index (χ3n) is 13.9. The lowest BCUT2D eigenvalue weighted by Crippen LogP contribution is -1.99. The summed E-state index contributed by atoms with van der Waals surface area (Å²) in [6, 6.07) is 87.4. The van der Waals surface area contributed by atoms with Crippen LogP contribution in [0.4, 0.5) is 0 Å². The molecule has 0 saturated carbocycles. The number of hydrogen-bond donors (Lipinski definition) is 0. The second kappa shape index (κ2) is 15.2. The molecule has 0 aliphatic rings. The smallest absolute Gasteiger partial charge is 0.0973 e. The SMILES string of the molecule is c1ccc(-c2nc3cccc(-c4ccc(-n5c6ccccc6c6cc7c8c9ccccc9c(-c9ccccc9)cc8n(-c8ccccc8)c7cc65)c5ccccc45)c3nc2-c2ccccc2)cc1. The highest BCUT2D eigenvalue weighted by molar-refractivity contribution is 6.27. The Labute approximate surface area is 392 Å². The summed E-state index contributed by atoms with van der Waals surface area (Å²) in [5, 5.41) is 9.74. The number of fused-ring (bicyclic) bond motifs is 10. The minimum Gasteiger partial charge on any atom is -0.309 e. The Hall–Kier alpha value is -9.12. The molecular formula is C64H40N4. The van der Waals surface area contributed by atoms with Crippen LogP contribution in [0.15, 0.2) is 243 Å². The topological polar surface area (TPSA) is 35.6 Å². The summed E-state index contributed by atoms with van der Waals surface area (Å²) < 4.78 is 4.96. The molecule has 14 aromatic rings. The molecule has 68 heavy (non-hydrogen) atoms. The van der Waals surface area contributed by atoms with Gasteiger partial charge in [-0.25, -0.2) is 9.97 Å². The van der Waals surface area contributed by atoms with Gasteiger partial charge in [0.25, 0.3) is 0 Å². The predicted molar refractivity (Wildman–Crippen MR) is 285 cm³/mol. The van der Waals surface area contributed by atoms with Crippen molar-refractivity contribution in [3.8, 4) is 56.1 Å². The molecule has 0 saturated heterocycles. The molecule has 0 spiro atoms. The van der Waals surface area contributed by atoms with Gasteiger partial charge in [0.1, 0.15) is 0 Å². The van der Waals surface area contributed by atoms with Crippen molar-refractivity contribution in [3.05, 3.63) is 243 Å². The van der Waals surface area contributed by atoms with Crippen molar-refractivity contribution in [1.82, 2.24) is 19.1 Å². The summed E-state index contributed by atoms with van der Waals surface area (Å²) in [5.74, 6) is 0. The molecule has 0 radical (unpaired) electrons. The summed E-state index contributed by atoms with van der Waals surface area (Å²) in [5.41, 5.74) is 17.1. The van der Waals surface area contributed by atoms with Crippen LogP contribution < -0.4 is 0 Å². The number of rotatable bonds is 6. The van der Waals surface area contributed by atoms with Crippen LogP contribution in [0.5, 0.6) is 0 Å². The van der Waals surface area contributed by atoms with E-state index >= 15 is 0 Å². The molecule has 316 valence electrons. The van der Waals surface area contributed by atoms with Crippen molar-refractivity contribution >= 4 is 76.2 Å². The highest BCUT2D eigenvalue weighted by Crippen LogP contribution is 2.46. The molecule has 4 nitrogen and oxygen atoms in total. The van der Waals surface area contributed by atoms with Crippen LogP contribution in [0.3, 0.4) is 0 Å². The van der Waals surface area contributed by atoms with Gasteiger partial charge in [-0.2, -0.15) is 0 Å². The Bertz CT molecular complexity index is 4290. The third-order valence-corrected chi connectivity index (χ3v) is 13.9. The first-order valence-corrected chi connectivity index (χ1v) is 23.2. The zero-order valence-electron chi connectivity index (χ0n) is 36.9. The third kappa shape index (κ3) is 5.81. The van der Waals surface area contributed by atoms with Crippen LogP contribution in [0, 0.1) is 0 Å². The van der Waals surface area contributed by atoms with Crippen molar-refractivity contribution in [2.24, 2.45) is 0 Å². The van der Waals surface area contributed by atoms with E-state index in [2.05, 4.69) is 240 Å². The van der Waals surface area contributed by atoms with Gasteiger partial charge in [-0.15, -0.1) is 0 Å². The largest absolute Gasteiger partial charge is 0.309 e.